The number of aliphatic hydroxyl groups is 1. The molecular formula is C25H26ClF2N7O4. The summed E-state index contributed by atoms with van der Waals surface area (Å²) in [5.74, 6) is -0.306. The first-order valence-electron chi connectivity index (χ1n) is 12.2. The molecule has 1 fully saturated rings. The number of rotatable bonds is 11. The summed E-state index contributed by atoms with van der Waals surface area (Å²) in [6.07, 6.45) is 6.14. The number of esters is 1. The molecule has 0 saturated carbocycles. The van der Waals surface area contributed by atoms with Gasteiger partial charge in [0.1, 0.15) is 17.5 Å². The minimum atomic E-state index is -3.06. The van der Waals surface area contributed by atoms with Crippen molar-refractivity contribution in [2.45, 2.75) is 38.3 Å². The number of alkyl halides is 2. The van der Waals surface area contributed by atoms with Crippen LogP contribution in [0.2, 0.25) is 5.02 Å². The highest BCUT2D eigenvalue weighted by atomic mass is 35.5. The zero-order valence-corrected chi connectivity index (χ0v) is 21.6. The lowest BCUT2D eigenvalue weighted by atomic mass is 10.1. The Morgan fingerprint density at radius 2 is 2.23 bits per heavy atom. The predicted molar refractivity (Wildman–Crippen MR) is 137 cm³/mol. The average Bonchev–Trinajstić information content (AvgIpc) is 3.62. The number of hydrogen-bond donors (Lipinski definition) is 2. The summed E-state index contributed by atoms with van der Waals surface area (Å²) in [5, 5.41) is 23.1. The van der Waals surface area contributed by atoms with Gasteiger partial charge in [-0.25, -0.2) is 9.50 Å². The van der Waals surface area contributed by atoms with Crippen molar-refractivity contribution < 1.29 is 28.2 Å². The summed E-state index contributed by atoms with van der Waals surface area (Å²) in [5.41, 5.74) is 1.69. The van der Waals surface area contributed by atoms with Crippen LogP contribution in [0.4, 0.5) is 14.5 Å². The van der Waals surface area contributed by atoms with Gasteiger partial charge in [-0.1, -0.05) is 11.6 Å². The summed E-state index contributed by atoms with van der Waals surface area (Å²) in [7, 11) is 1.91. The van der Waals surface area contributed by atoms with Gasteiger partial charge in [0.25, 0.3) is 0 Å². The van der Waals surface area contributed by atoms with Gasteiger partial charge in [0.15, 0.2) is 11.9 Å². The largest absolute Gasteiger partial charge is 0.461 e. The molecule has 206 valence electrons. The fourth-order valence-corrected chi connectivity index (χ4v) is 4.59. The summed E-state index contributed by atoms with van der Waals surface area (Å²) in [4.78, 5) is 17.7. The predicted octanol–water partition coefficient (Wildman–Crippen LogP) is 3.59. The Kier molecular flexibility index (Phi) is 7.91. The standard InChI is InChI=1S/C25H26ClF2N7O4/c1-33(13-16-4-6-21(36)38-16)9-10-34-14-19(31-24(37)18-12-30-35-8-2-7-29-23(18)35)22(32-34)17-11-15(26)3-5-20(17)39-25(27)28/h2-3,5,7-8,11-12,14,16,24-25,31,37H,4,6,9-10,13H2,1H3. The van der Waals surface area contributed by atoms with Gasteiger partial charge in [-0.15, -0.1) is 0 Å². The minimum absolute atomic E-state index is 0.116. The number of aliphatic hydroxyl groups excluding tert-OH is 1. The Bertz CT molecular complexity index is 1460. The van der Waals surface area contributed by atoms with Crippen LogP contribution in [0.5, 0.6) is 5.75 Å². The van der Waals surface area contributed by atoms with Crippen LogP contribution >= 0.6 is 11.6 Å². The van der Waals surface area contributed by atoms with E-state index < -0.39 is 12.8 Å². The molecule has 1 saturated heterocycles. The van der Waals surface area contributed by atoms with Crippen molar-refractivity contribution >= 4 is 28.9 Å². The smallest absolute Gasteiger partial charge is 0.387 e. The lowest BCUT2D eigenvalue weighted by Crippen LogP contribution is -2.31. The van der Waals surface area contributed by atoms with Crippen LogP contribution in [0.25, 0.3) is 16.9 Å². The first kappa shape index (κ1) is 26.8. The van der Waals surface area contributed by atoms with E-state index in [0.29, 0.717) is 54.4 Å². The van der Waals surface area contributed by atoms with Crippen LogP contribution in [0.3, 0.4) is 0 Å². The summed E-state index contributed by atoms with van der Waals surface area (Å²) in [6.45, 7) is -1.50. The molecule has 1 aliphatic heterocycles. The van der Waals surface area contributed by atoms with E-state index >= 15 is 0 Å². The molecule has 1 aliphatic rings. The van der Waals surface area contributed by atoms with Crippen molar-refractivity contribution in [1.82, 2.24) is 29.3 Å². The van der Waals surface area contributed by atoms with E-state index in [1.165, 1.54) is 28.9 Å². The number of likely N-dealkylation sites (N-methyl/N-ethyl adjacent to an activating group) is 1. The van der Waals surface area contributed by atoms with E-state index in [2.05, 4.69) is 20.5 Å². The second-order valence-corrected chi connectivity index (χ2v) is 9.56. The molecule has 3 aromatic heterocycles. The molecule has 39 heavy (non-hydrogen) atoms. The lowest BCUT2D eigenvalue weighted by molar-refractivity contribution is -0.141. The van der Waals surface area contributed by atoms with Crippen molar-refractivity contribution in [3.63, 3.8) is 0 Å². The summed E-state index contributed by atoms with van der Waals surface area (Å²) < 4.78 is 39.5. The van der Waals surface area contributed by atoms with Crippen LogP contribution < -0.4 is 10.1 Å². The Hall–Kier alpha value is -3.81. The SMILES string of the molecule is CN(CCn1cc(NC(O)c2cnn3cccnc23)c(-c2cc(Cl)ccc2OC(F)F)n1)CC1CCC(=O)O1. The van der Waals surface area contributed by atoms with Gasteiger partial charge in [0.05, 0.1) is 24.0 Å². The van der Waals surface area contributed by atoms with Crippen LogP contribution in [0.1, 0.15) is 24.6 Å². The molecule has 0 radical (unpaired) electrons. The molecule has 0 spiro atoms. The normalized spacial score (nSPS) is 16.3. The van der Waals surface area contributed by atoms with Crippen molar-refractivity contribution in [1.29, 1.82) is 0 Å². The van der Waals surface area contributed by atoms with E-state index in [-0.39, 0.29) is 29.1 Å². The molecule has 4 heterocycles. The number of anilines is 1. The molecule has 2 atom stereocenters. The third kappa shape index (κ3) is 6.27. The number of aromatic nitrogens is 5. The molecule has 5 rings (SSSR count). The van der Waals surface area contributed by atoms with Crippen LogP contribution in [-0.4, -0.2) is 73.2 Å². The van der Waals surface area contributed by atoms with Gasteiger partial charge < -0.3 is 24.8 Å². The first-order chi connectivity index (χ1) is 18.8. The molecule has 0 aliphatic carbocycles. The molecule has 14 heteroatoms. The monoisotopic (exact) mass is 561 g/mol. The molecule has 2 N–H and O–H groups in total. The molecule has 0 bridgehead atoms. The molecule has 1 aromatic carbocycles. The Balaban J connectivity index is 1.42. The highest BCUT2D eigenvalue weighted by Crippen LogP contribution is 2.38. The maximum atomic E-state index is 13.2. The highest BCUT2D eigenvalue weighted by molar-refractivity contribution is 6.31. The van der Waals surface area contributed by atoms with E-state index in [9.17, 15) is 18.7 Å². The van der Waals surface area contributed by atoms with Crippen LogP contribution in [0, 0.1) is 0 Å². The van der Waals surface area contributed by atoms with Gasteiger partial charge in [-0.2, -0.15) is 19.0 Å². The second-order valence-electron chi connectivity index (χ2n) is 9.12. The number of benzene rings is 1. The Morgan fingerprint density at radius 1 is 1.38 bits per heavy atom. The first-order valence-corrected chi connectivity index (χ1v) is 12.6. The van der Waals surface area contributed by atoms with E-state index in [1.54, 1.807) is 29.3 Å². The third-order valence-electron chi connectivity index (χ3n) is 6.26. The number of ether oxygens (including phenoxy) is 2. The topological polar surface area (TPSA) is 119 Å². The van der Waals surface area contributed by atoms with Gasteiger partial charge in [0, 0.05) is 48.7 Å². The summed E-state index contributed by atoms with van der Waals surface area (Å²) >= 11 is 6.20. The number of carbonyl (C=O) groups is 1. The fourth-order valence-electron chi connectivity index (χ4n) is 4.41. The van der Waals surface area contributed by atoms with Gasteiger partial charge >= 0.3 is 12.6 Å². The maximum Gasteiger partial charge on any atom is 0.387 e. The number of nitrogens with one attached hydrogen (secondary N) is 1. The van der Waals surface area contributed by atoms with Crippen molar-refractivity contribution in [3.8, 4) is 17.0 Å². The number of fused-ring (bicyclic) bond motifs is 1. The molecule has 2 unspecified atom stereocenters. The molecule has 4 aromatic rings. The zero-order valence-electron chi connectivity index (χ0n) is 20.9. The van der Waals surface area contributed by atoms with E-state index in [0.717, 1.165) is 0 Å². The molecular weight excluding hydrogens is 536 g/mol. The van der Waals surface area contributed by atoms with Gasteiger partial charge in [0.2, 0.25) is 0 Å². The second kappa shape index (κ2) is 11.5. The van der Waals surface area contributed by atoms with Crippen LogP contribution in [0.15, 0.2) is 49.1 Å². The fraction of sp³-hybridized carbons (Fsp3) is 0.360. The minimum Gasteiger partial charge on any atom is -0.461 e. The van der Waals surface area contributed by atoms with Crippen molar-refractivity contribution in [2.24, 2.45) is 0 Å². The lowest BCUT2D eigenvalue weighted by Gasteiger charge is -2.19. The van der Waals surface area contributed by atoms with Gasteiger partial charge in [-0.3, -0.25) is 9.48 Å². The van der Waals surface area contributed by atoms with Crippen LogP contribution in [-0.2, 0) is 16.1 Å². The average molecular weight is 562 g/mol. The number of halogens is 3. The van der Waals surface area contributed by atoms with E-state index in [1.807, 2.05) is 11.9 Å². The Labute approximate surface area is 226 Å². The quantitative estimate of drug-likeness (QED) is 0.209. The Morgan fingerprint density at radius 3 is 3.00 bits per heavy atom. The van der Waals surface area contributed by atoms with Gasteiger partial charge in [-0.05, 0) is 37.7 Å². The zero-order chi connectivity index (χ0) is 27.5. The maximum absolute atomic E-state index is 13.2. The highest BCUT2D eigenvalue weighted by Gasteiger charge is 2.25. The van der Waals surface area contributed by atoms with Crippen molar-refractivity contribution in [3.05, 3.63) is 59.6 Å². The number of cyclic esters (lactones) is 1. The van der Waals surface area contributed by atoms with E-state index in [4.69, 9.17) is 21.1 Å². The number of hydrogen-bond acceptors (Lipinski definition) is 9. The number of carbonyl (C=O) groups excluding carboxylic acids is 1. The molecule has 11 nitrogen and oxygen atoms in total. The van der Waals surface area contributed by atoms with Crippen molar-refractivity contribution in [2.75, 3.05) is 25.5 Å². The molecule has 0 amide bonds. The number of nitrogens with zero attached hydrogens (tertiary/aromatic N) is 6. The summed E-state index contributed by atoms with van der Waals surface area (Å²) in [6, 6.07) is 5.97. The third-order valence-corrected chi connectivity index (χ3v) is 6.50.